The number of hydrogen-bond acceptors (Lipinski definition) is 3. The molecule has 0 aliphatic carbocycles. The Morgan fingerprint density at radius 1 is 1.33 bits per heavy atom. The maximum Gasteiger partial charge on any atom is 0.287 e. The number of pyridine rings is 1. The lowest BCUT2D eigenvalue weighted by atomic mass is 10.2. The first kappa shape index (κ1) is 18.0. The molecule has 6 nitrogen and oxygen atoms in total. The average Bonchev–Trinajstić information content (AvgIpc) is 2.98. The van der Waals surface area contributed by atoms with Gasteiger partial charge in [0.05, 0.1) is 5.52 Å². The first-order chi connectivity index (χ1) is 11.5. The second kappa shape index (κ2) is 7.95. The number of fused-ring (bicyclic) bond motifs is 1. The van der Waals surface area contributed by atoms with Crippen molar-refractivity contribution in [1.29, 1.82) is 0 Å². The Hall–Kier alpha value is -2.37. The molecule has 2 aromatic rings. The van der Waals surface area contributed by atoms with E-state index in [0.29, 0.717) is 17.8 Å². The molecule has 1 atom stereocenters. The minimum atomic E-state index is -0.263. The highest BCUT2D eigenvalue weighted by Crippen LogP contribution is 2.15. The fourth-order valence-electron chi connectivity index (χ4n) is 2.42. The van der Waals surface area contributed by atoms with Crippen molar-refractivity contribution in [3.05, 3.63) is 35.9 Å². The van der Waals surface area contributed by atoms with Gasteiger partial charge in [-0.05, 0) is 31.9 Å². The number of aromatic nitrogens is 2. The molecule has 2 heterocycles. The van der Waals surface area contributed by atoms with Gasteiger partial charge in [0.25, 0.3) is 11.8 Å². The third-order valence-corrected chi connectivity index (χ3v) is 4.14. The van der Waals surface area contributed by atoms with Crippen LogP contribution in [-0.2, 0) is 0 Å². The highest BCUT2D eigenvalue weighted by Gasteiger charge is 2.23. The molecule has 2 rings (SSSR count). The molecule has 0 aromatic carbocycles. The Bertz CT molecular complexity index is 723. The van der Waals surface area contributed by atoms with Crippen LogP contribution in [0.25, 0.3) is 5.52 Å². The largest absolute Gasteiger partial charge is 0.347 e. The molecule has 1 unspecified atom stereocenters. The van der Waals surface area contributed by atoms with Gasteiger partial charge in [-0.25, -0.2) is 4.98 Å². The summed E-state index contributed by atoms with van der Waals surface area (Å²) in [6.45, 7) is 6.71. The van der Waals surface area contributed by atoms with Gasteiger partial charge >= 0.3 is 0 Å². The second-order valence-corrected chi connectivity index (χ2v) is 6.10. The zero-order valence-electron chi connectivity index (χ0n) is 14.9. The van der Waals surface area contributed by atoms with Gasteiger partial charge in [-0.3, -0.25) is 14.0 Å². The third kappa shape index (κ3) is 3.75. The van der Waals surface area contributed by atoms with Crippen LogP contribution in [0.3, 0.4) is 0 Å². The van der Waals surface area contributed by atoms with E-state index >= 15 is 0 Å². The molecule has 0 aliphatic heterocycles. The van der Waals surface area contributed by atoms with Gasteiger partial charge in [-0.1, -0.05) is 26.3 Å². The van der Waals surface area contributed by atoms with Crippen molar-refractivity contribution >= 4 is 17.3 Å². The van der Waals surface area contributed by atoms with Crippen molar-refractivity contribution in [3.63, 3.8) is 0 Å². The van der Waals surface area contributed by atoms with Gasteiger partial charge in [0.1, 0.15) is 0 Å². The monoisotopic (exact) mass is 330 g/mol. The van der Waals surface area contributed by atoms with Crippen LogP contribution in [-0.4, -0.2) is 45.7 Å². The summed E-state index contributed by atoms with van der Waals surface area (Å²) >= 11 is 0. The molecule has 1 N–H and O–H groups in total. The van der Waals surface area contributed by atoms with E-state index in [2.05, 4.69) is 17.2 Å². The smallest absolute Gasteiger partial charge is 0.287 e. The maximum atomic E-state index is 12.7. The topological polar surface area (TPSA) is 66.7 Å². The third-order valence-electron chi connectivity index (χ3n) is 4.14. The SMILES string of the molecule is CCCCN(C)C(=O)c1nc(C(=O)NC(C)CC)n2ccccc12. The molecule has 0 bridgehead atoms. The minimum absolute atomic E-state index is 0.0555. The number of carbonyl (C=O) groups excluding carboxylic acids is 2. The van der Waals surface area contributed by atoms with Crippen molar-refractivity contribution < 1.29 is 9.59 Å². The molecule has 0 aliphatic rings. The number of amides is 2. The molecule has 2 aromatic heterocycles. The summed E-state index contributed by atoms with van der Waals surface area (Å²) in [5, 5.41) is 2.91. The number of nitrogens with zero attached hydrogens (tertiary/aromatic N) is 3. The normalized spacial score (nSPS) is 12.2. The van der Waals surface area contributed by atoms with Gasteiger partial charge in [0.2, 0.25) is 5.82 Å². The van der Waals surface area contributed by atoms with E-state index in [1.54, 1.807) is 22.5 Å². The van der Waals surface area contributed by atoms with Crippen LogP contribution in [0.15, 0.2) is 24.4 Å². The summed E-state index contributed by atoms with van der Waals surface area (Å²) in [4.78, 5) is 31.2. The average molecular weight is 330 g/mol. The summed E-state index contributed by atoms with van der Waals surface area (Å²) in [5.41, 5.74) is 0.976. The van der Waals surface area contributed by atoms with Crippen molar-refractivity contribution in [2.75, 3.05) is 13.6 Å². The van der Waals surface area contributed by atoms with Crippen molar-refractivity contribution in [2.24, 2.45) is 0 Å². The fourth-order valence-corrected chi connectivity index (χ4v) is 2.42. The zero-order chi connectivity index (χ0) is 17.7. The molecule has 6 heteroatoms. The molecular formula is C18H26N4O2. The number of nitrogens with one attached hydrogen (secondary N) is 1. The van der Waals surface area contributed by atoms with Crippen LogP contribution in [0.4, 0.5) is 0 Å². The van der Waals surface area contributed by atoms with Crippen molar-refractivity contribution in [3.8, 4) is 0 Å². The number of unbranched alkanes of at least 4 members (excludes halogenated alkanes) is 1. The standard InChI is InChI=1S/C18H26N4O2/c1-5-7-11-21(4)18(24)15-14-10-8-9-12-22(14)16(20-15)17(23)19-13(3)6-2/h8-10,12-13H,5-7,11H2,1-4H3,(H,19,23). The van der Waals surface area contributed by atoms with E-state index in [9.17, 15) is 9.59 Å². The number of carbonyl (C=O) groups is 2. The lowest BCUT2D eigenvalue weighted by molar-refractivity contribution is 0.0790. The van der Waals surface area contributed by atoms with Crippen LogP contribution in [0.5, 0.6) is 0 Å². The van der Waals surface area contributed by atoms with Crippen LogP contribution in [0.2, 0.25) is 0 Å². The van der Waals surface area contributed by atoms with Gasteiger partial charge in [-0.15, -0.1) is 0 Å². The molecule has 0 spiro atoms. The van der Waals surface area contributed by atoms with Crippen LogP contribution in [0, 0.1) is 0 Å². The highest BCUT2D eigenvalue weighted by atomic mass is 16.2. The van der Waals surface area contributed by atoms with E-state index < -0.39 is 0 Å². The predicted molar refractivity (Wildman–Crippen MR) is 94.3 cm³/mol. The Labute approximate surface area is 142 Å². The first-order valence-electron chi connectivity index (χ1n) is 8.53. The maximum absolute atomic E-state index is 12.7. The van der Waals surface area contributed by atoms with Gasteiger partial charge in [0.15, 0.2) is 5.69 Å². The summed E-state index contributed by atoms with van der Waals surface area (Å²) in [6.07, 6.45) is 4.55. The second-order valence-electron chi connectivity index (χ2n) is 6.10. The molecule has 0 saturated carbocycles. The molecule has 0 radical (unpaired) electrons. The van der Waals surface area contributed by atoms with E-state index in [4.69, 9.17) is 0 Å². The lowest BCUT2D eigenvalue weighted by Crippen LogP contribution is -2.33. The molecule has 0 fully saturated rings. The Morgan fingerprint density at radius 3 is 2.75 bits per heavy atom. The van der Waals surface area contributed by atoms with Gasteiger partial charge in [0, 0.05) is 25.8 Å². The fraction of sp³-hybridized carbons (Fsp3) is 0.500. The number of imidazole rings is 1. The van der Waals surface area contributed by atoms with Gasteiger partial charge in [-0.2, -0.15) is 0 Å². The summed E-state index contributed by atoms with van der Waals surface area (Å²) in [7, 11) is 1.77. The van der Waals surface area contributed by atoms with Crippen LogP contribution < -0.4 is 5.32 Å². The Kier molecular flexibility index (Phi) is 5.95. The number of hydrogen-bond donors (Lipinski definition) is 1. The Balaban J connectivity index is 2.38. The number of rotatable bonds is 7. The molecular weight excluding hydrogens is 304 g/mol. The summed E-state index contributed by atoms with van der Waals surface area (Å²) in [6, 6.07) is 5.54. The van der Waals surface area contributed by atoms with E-state index in [1.165, 1.54) is 0 Å². The molecule has 24 heavy (non-hydrogen) atoms. The molecule has 2 amide bonds. The molecule has 0 saturated heterocycles. The van der Waals surface area contributed by atoms with Crippen LogP contribution >= 0.6 is 0 Å². The van der Waals surface area contributed by atoms with Crippen molar-refractivity contribution in [2.45, 2.75) is 46.1 Å². The molecule has 130 valence electrons. The summed E-state index contributed by atoms with van der Waals surface area (Å²) in [5.74, 6) is -0.173. The lowest BCUT2D eigenvalue weighted by Gasteiger charge is -2.15. The van der Waals surface area contributed by atoms with Gasteiger partial charge < -0.3 is 10.2 Å². The van der Waals surface area contributed by atoms with E-state index in [1.807, 2.05) is 32.0 Å². The minimum Gasteiger partial charge on any atom is -0.347 e. The summed E-state index contributed by atoms with van der Waals surface area (Å²) < 4.78 is 1.68. The quantitative estimate of drug-likeness (QED) is 0.849. The van der Waals surface area contributed by atoms with Crippen LogP contribution in [0.1, 0.15) is 61.1 Å². The predicted octanol–water partition coefficient (Wildman–Crippen LogP) is 2.73. The highest BCUT2D eigenvalue weighted by molar-refractivity contribution is 6.02. The zero-order valence-corrected chi connectivity index (χ0v) is 14.9. The van der Waals surface area contributed by atoms with E-state index in [0.717, 1.165) is 19.3 Å². The van der Waals surface area contributed by atoms with E-state index in [-0.39, 0.29) is 23.7 Å². The Morgan fingerprint density at radius 2 is 2.08 bits per heavy atom. The van der Waals surface area contributed by atoms with Crippen molar-refractivity contribution in [1.82, 2.24) is 19.6 Å². The first-order valence-corrected chi connectivity index (χ1v) is 8.53.